The third-order valence-corrected chi connectivity index (χ3v) is 3.82. The van der Waals surface area contributed by atoms with Crippen LogP contribution in [0.3, 0.4) is 0 Å². The van der Waals surface area contributed by atoms with Crippen molar-refractivity contribution in [3.05, 3.63) is 0 Å². The van der Waals surface area contributed by atoms with Gasteiger partial charge in [-0.15, -0.1) is 0 Å². The van der Waals surface area contributed by atoms with Gasteiger partial charge < -0.3 is 4.90 Å². The Balaban J connectivity index is 2.63. The molecule has 0 atom stereocenters. The first kappa shape index (κ1) is 14.2. The molecule has 0 spiro atoms. The first-order valence-electron chi connectivity index (χ1n) is 5.59. The molecule has 100 valence electrons. The van der Waals surface area contributed by atoms with Gasteiger partial charge in [0.15, 0.2) is 0 Å². The van der Waals surface area contributed by atoms with E-state index in [4.69, 9.17) is 5.84 Å². The highest BCUT2D eigenvalue weighted by atomic mass is 32.2. The van der Waals surface area contributed by atoms with E-state index in [0.717, 1.165) is 0 Å². The normalized spacial score (nSPS) is 19.8. The number of nitrogens with zero attached hydrogens (tertiary/aromatic N) is 3. The average molecular weight is 263 g/mol. The summed E-state index contributed by atoms with van der Waals surface area (Å²) in [4.78, 5) is 6.30. The topological polar surface area (TPSA) is 91.0 Å². The van der Waals surface area contributed by atoms with Gasteiger partial charge in [-0.05, 0) is 13.8 Å². The predicted octanol–water partition coefficient (Wildman–Crippen LogP) is -1.21. The first-order valence-corrected chi connectivity index (χ1v) is 7.44. The van der Waals surface area contributed by atoms with Crippen LogP contribution in [0, 0.1) is 0 Å². The van der Waals surface area contributed by atoms with Gasteiger partial charge in [0, 0.05) is 32.2 Å². The molecule has 0 radical (unpaired) electrons. The number of rotatable bonds is 2. The summed E-state index contributed by atoms with van der Waals surface area (Å²) in [5, 5.41) is 0. The summed E-state index contributed by atoms with van der Waals surface area (Å²) >= 11 is 0. The second-order valence-corrected chi connectivity index (χ2v) is 6.32. The Morgan fingerprint density at radius 3 is 2.18 bits per heavy atom. The zero-order valence-electron chi connectivity index (χ0n) is 10.5. The standard InChI is InChI=1S/C9H21N5O2S/c1-8(2)11-9(12-10)13-4-6-14(7-5-13)17(3,15)16/h8H,4-7,10H2,1-3H3,(H,11,12). The molecule has 1 rings (SSSR count). The van der Waals surface area contributed by atoms with E-state index >= 15 is 0 Å². The van der Waals surface area contributed by atoms with Crippen molar-refractivity contribution in [2.24, 2.45) is 10.8 Å². The van der Waals surface area contributed by atoms with Gasteiger partial charge in [0.05, 0.1) is 6.26 Å². The van der Waals surface area contributed by atoms with Gasteiger partial charge in [-0.25, -0.2) is 19.3 Å². The maximum Gasteiger partial charge on any atom is 0.211 e. The van der Waals surface area contributed by atoms with Crippen LogP contribution >= 0.6 is 0 Å². The summed E-state index contributed by atoms with van der Waals surface area (Å²) < 4.78 is 24.2. The summed E-state index contributed by atoms with van der Waals surface area (Å²) in [5.41, 5.74) is 2.56. The van der Waals surface area contributed by atoms with Crippen molar-refractivity contribution in [3.8, 4) is 0 Å². The minimum absolute atomic E-state index is 0.147. The quantitative estimate of drug-likeness (QED) is 0.282. The summed E-state index contributed by atoms with van der Waals surface area (Å²) in [6.07, 6.45) is 1.23. The van der Waals surface area contributed by atoms with E-state index < -0.39 is 10.0 Å². The number of sulfonamides is 1. The molecule has 7 nitrogen and oxygen atoms in total. The molecule has 1 aliphatic rings. The number of guanidine groups is 1. The number of hydrogen-bond acceptors (Lipinski definition) is 4. The highest BCUT2D eigenvalue weighted by molar-refractivity contribution is 7.88. The number of nitrogens with two attached hydrogens (primary N) is 1. The van der Waals surface area contributed by atoms with Crippen molar-refractivity contribution in [2.45, 2.75) is 19.9 Å². The highest BCUT2D eigenvalue weighted by Gasteiger charge is 2.24. The molecule has 0 bridgehead atoms. The van der Waals surface area contributed by atoms with Crippen molar-refractivity contribution in [2.75, 3.05) is 32.4 Å². The van der Waals surface area contributed by atoms with E-state index in [-0.39, 0.29) is 6.04 Å². The monoisotopic (exact) mass is 263 g/mol. The molecule has 17 heavy (non-hydrogen) atoms. The van der Waals surface area contributed by atoms with Crippen LogP contribution < -0.4 is 11.3 Å². The van der Waals surface area contributed by atoms with Crippen molar-refractivity contribution >= 4 is 16.0 Å². The van der Waals surface area contributed by atoms with E-state index in [2.05, 4.69) is 10.4 Å². The number of piperazine rings is 1. The van der Waals surface area contributed by atoms with E-state index in [0.29, 0.717) is 32.1 Å². The van der Waals surface area contributed by atoms with Crippen molar-refractivity contribution < 1.29 is 8.42 Å². The van der Waals surface area contributed by atoms with E-state index in [1.165, 1.54) is 10.6 Å². The van der Waals surface area contributed by atoms with Gasteiger partial charge in [0.25, 0.3) is 0 Å². The zero-order valence-corrected chi connectivity index (χ0v) is 11.4. The average Bonchev–Trinajstić information content (AvgIpc) is 2.24. The second kappa shape index (κ2) is 5.65. The summed E-state index contributed by atoms with van der Waals surface area (Å²) in [6, 6.07) is 0.147. The molecular weight excluding hydrogens is 242 g/mol. The van der Waals surface area contributed by atoms with Gasteiger partial charge in [-0.3, -0.25) is 5.43 Å². The lowest BCUT2D eigenvalue weighted by Crippen LogP contribution is -2.55. The number of nitrogens with one attached hydrogen (secondary N) is 1. The molecule has 0 aromatic rings. The highest BCUT2D eigenvalue weighted by Crippen LogP contribution is 2.06. The molecular formula is C9H21N5O2S. The molecule has 0 amide bonds. The van der Waals surface area contributed by atoms with Crippen LogP contribution in [-0.4, -0.2) is 62.1 Å². The molecule has 1 saturated heterocycles. The van der Waals surface area contributed by atoms with Crippen LogP contribution in [0.25, 0.3) is 0 Å². The second-order valence-electron chi connectivity index (χ2n) is 4.34. The Morgan fingerprint density at radius 1 is 1.29 bits per heavy atom. The van der Waals surface area contributed by atoms with Crippen molar-refractivity contribution in [1.29, 1.82) is 0 Å². The number of aliphatic imine (C=N–C) groups is 1. The summed E-state index contributed by atoms with van der Waals surface area (Å²) in [7, 11) is -3.09. The number of hydrazine groups is 1. The van der Waals surface area contributed by atoms with Crippen molar-refractivity contribution in [3.63, 3.8) is 0 Å². The van der Waals surface area contributed by atoms with Gasteiger partial charge in [-0.2, -0.15) is 4.31 Å². The lowest BCUT2D eigenvalue weighted by molar-refractivity contribution is 0.261. The van der Waals surface area contributed by atoms with Gasteiger partial charge in [-0.1, -0.05) is 0 Å². The third-order valence-electron chi connectivity index (χ3n) is 2.52. The maximum absolute atomic E-state index is 11.3. The largest absolute Gasteiger partial charge is 0.339 e. The Morgan fingerprint density at radius 2 is 1.82 bits per heavy atom. The van der Waals surface area contributed by atoms with Gasteiger partial charge in [0.2, 0.25) is 16.0 Å². The fraction of sp³-hybridized carbons (Fsp3) is 0.889. The molecule has 1 aliphatic heterocycles. The molecule has 0 aromatic heterocycles. The van der Waals surface area contributed by atoms with Crippen molar-refractivity contribution in [1.82, 2.24) is 14.6 Å². The molecule has 8 heteroatoms. The minimum Gasteiger partial charge on any atom is -0.339 e. The van der Waals surface area contributed by atoms with E-state index in [1.54, 1.807) is 0 Å². The lowest BCUT2D eigenvalue weighted by Gasteiger charge is -2.34. The molecule has 3 N–H and O–H groups in total. The van der Waals surface area contributed by atoms with E-state index in [9.17, 15) is 8.42 Å². The Kier molecular flexibility index (Phi) is 4.72. The maximum atomic E-state index is 11.3. The SMILES string of the molecule is CC(C)N=C(NN)N1CCN(S(C)(=O)=O)CC1. The van der Waals surface area contributed by atoms with Crippen LogP contribution in [-0.2, 0) is 10.0 Å². The molecule has 1 fully saturated rings. The fourth-order valence-electron chi connectivity index (χ4n) is 1.69. The summed E-state index contributed by atoms with van der Waals surface area (Å²) in [5.74, 6) is 6.04. The predicted molar refractivity (Wildman–Crippen MR) is 67.9 cm³/mol. The van der Waals surface area contributed by atoms with Crippen LogP contribution in [0.15, 0.2) is 4.99 Å². The molecule has 0 aromatic carbocycles. The van der Waals surface area contributed by atoms with Gasteiger partial charge in [0.1, 0.15) is 0 Å². The zero-order chi connectivity index (χ0) is 13.1. The third kappa shape index (κ3) is 4.14. The fourth-order valence-corrected chi connectivity index (χ4v) is 2.51. The molecule has 0 saturated carbocycles. The van der Waals surface area contributed by atoms with Crippen LogP contribution in [0.2, 0.25) is 0 Å². The Bertz CT molecular complexity index is 371. The summed E-state index contributed by atoms with van der Waals surface area (Å²) in [6.45, 7) is 6.06. The molecule has 1 heterocycles. The first-order chi connectivity index (χ1) is 7.84. The lowest BCUT2D eigenvalue weighted by atomic mass is 10.4. The number of hydrogen-bond donors (Lipinski definition) is 2. The Hall–Kier alpha value is -0.860. The van der Waals surface area contributed by atoms with Crippen LogP contribution in [0.5, 0.6) is 0 Å². The minimum atomic E-state index is -3.09. The Labute approximate surface area is 103 Å². The van der Waals surface area contributed by atoms with Crippen LogP contribution in [0.4, 0.5) is 0 Å². The molecule has 0 aliphatic carbocycles. The smallest absolute Gasteiger partial charge is 0.211 e. The van der Waals surface area contributed by atoms with Crippen LogP contribution in [0.1, 0.15) is 13.8 Å². The van der Waals surface area contributed by atoms with Gasteiger partial charge >= 0.3 is 0 Å². The van der Waals surface area contributed by atoms with E-state index in [1.807, 2.05) is 18.7 Å². The molecule has 0 unspecified atom stereocenters.